The molecule has 4 nitrogen and oxygen atoms in total. The summed E-state index contributed by atoms with van der Waals surface area (Å²) in [6, 6.07) is 10.6. The number of hydrogen-bond acceptors (Lipinski definition) is 4. The first-order valence-electron chi connectivity index (χ1n) is 7.73. The Kier molecular flexibility index (Phi) is 4.67. The number of benzene rings is 2. The number of halogens is 1. The number of hydrogen-bond donors (Lipinski definition) is 1. The number of anilines is 1. The Morgan fingerprint density at radius 1 is 1.26 bits per heavy atom. The molecule has 0 saturated heterocycles. The van der Waals surface area contributed by atoms with Crippen LogP contribution in [0.4, 0.5) is 10.1 Å². The molecule has 1 aliphatic rings. The molecule has 3 rings (SSSR count). The molecule has 1 unspecified atom stereocenters. The highest BCUT2D eigenvalue weighted by atomic mass is 19.1. The maximum absolute atomic E-state index is 13.4. The van der Waals surface area contributed by atoms with Crippen LogP contribution in [-0.2, 0) is 11.3 Å². The van der Waals surface area contributed by atoms with Crippen LogP contribution in [0.2, 0.25) is 0 Å². The van der Waals surface area contributed by atoms with Crippen LogP contribution in [0.3, 0.4) is 0 Å². The third-order valence-electron chi connectivity index (χ3n) is 3.97. The average molecular weight is 317 g/mol. The monoisotopic (exact) mass is 317 g/mol. The Balaban J connectivity index is 1.85. The molecular formula is C18H20FNO3. The van der Waals surface area contributed by atoms with Gasteiger partial charge in [0.25, 0.3) is 0 Å². The minimum Gasteiger partial charge on any atom is -0.493 e. The van der Waals surface area contributed by atoms with Crippen LogP contribution in [0, 0.1) is 5.82 Å². The molecule has 5 heteroatoms. The summed E-state index contributed by atoms with van der Waals surface area (Å²) in [5.74, 6) is 0.947. The van der Waals surface area contributed by atoms with E-state index in [-0.39, 0.29) is 11.9 Å². The van der Waals surface area contributed by atoms with E-state index in [1.54, 1.807) is 6.07 Å². The number of rotatable bonds is 6. The van der Waals surface area contributed by atoms with Gasteiger partial charge in [-0.15, -0.1) is 0 Å². The van der Waals surface area contributed by atoms with Crippen LogP contribution in [0.1, 0.15) is 30.5 Å². The van der Waals surface area contributed by atoms with E-state index >= 15 is 0 Å². The highest BCUT2D eigenvalue weighted by Gasteiger charge is 2.18. The maximum atomic E-state index is 13.4. The Morgan fingerprint density at radius 2 is 2.13 bits per heavy atom. The van der Waals surface area contributed by atoms with E-state index < -0.39 is 0 Å². The molecule has 0 radical (unpaired) electrons. The summed E-state index contributed by atoms with van der Waals surface area (Å²) in [6.45, 7) is 2.79. The molecule has 1 atom stereocenters. The van der Waals surface area contributed by atoms with Gasteiger partial charge in [0.2, 0.25) is 0 Å². The summed E-state index contributed by atoms with van der Waals surface area (Å²) in [6.07, 6.45) is 1.76. The highest BCUT2D eigenvalue weighted by Crippen LogP contribution is 2.34. The smallest absolute Gasteiger partial charge is 0.173 e. The largest absolute Gasteiger partial charge is 0.493 e. The third-order valence-corrected chi connectivity index (χ3v) is 3.97. The van der Waals surface area contributed by atoms with Crippen molar-refractivity contribution in [1.29, 1.82) is 0 Å². The predicted molar refractivity (Wildman–Crippen MR) is 86.3 cm³/mol. The lowest BCUT2D eigenvalue weighted by atomic mass is 10.0. The van der Waals surface area contributed by atoms with E-state index in [0.29, 0.717) is 5.75 Å². The molecule has 23 heavy (non-hydrogen) atoms. The second kappa shape index (κ2) is 6.87. The summed E-state index contributed by atoms with van der Waals surface area (Å²) in [5.41, 5.74) is 3.04. The van der Waals surface area contributed by atoms with Crippen molar-refractivity contribution in [3.63, 3.8) is 0 Å². The van der Waals surface area contributed by atoms with Gasteiger partial charge in [-0.3, -0.25) is 0 Å². The fourth-order valence-electron chi connectivity index (χ4n) is 2.82. The summed E-state index contributed by atoms with van der Waals surface area (Å²) < 4.78 is 19.0. The molecular weight excluding hydrogens is 297 g/mol. The molecule has 1 N–H and O–H groups in total. The van der Waals surface area contributed by atoms with Crippen molar-refractivity contribution in [2.45, 2.75) is 25.8 Å². The van der Waals surface area contributed by atoms with E-state index in [9.17, 15) is 4.39 Å². The molecule has 2 aromatic rings. The lowest BCUT2D eigenvalue weighted by Crippen LogP contribution is -2.11. The third kappa shape index (κ3) is 3.40. The molecule has 0 bridgehead atoms. The molecule has 0 aliphatic carbocycles. The minimum absolute atomic E-state index is 0.0276. The van der Waals surface area contributed by atoms with Crippen LogP contribution < -0.4 is 14.9 Å². The Bertz CT molecular complexity index is 690. The zero-order valence-corrected chi connectivity index (χ0v) is 13.3. The van der Waals surface area contributed by atoms with Crippen molar-refractivity contribution < 1.29 is 18.9 Å². The number of fused-ring (bicyclic) bond motifs is 1. The van der Waals surface area contributed by atoms with Gasteiger partial charge in [0.15, 0.2) is 5.75 Å². The van der Waals surface area contributed by atoms with Crippen molar-refractivity contribution in [2.24, 2.45) is 0 Å². The van der Waals surface area contributed by atoms with E-state index in [0.717, 1.165) is 36.4 Å². The second-order valence-electron chi connectivity index (χ2n) is 5.46. The van der Waals surface area contributed by atoms with Crippen LogP contribution in [-0.4, -0.2) is 13.7 Å². The molecule has 0 amide bonds. The van der Waals surface area contributed by atoms with Gasteiger partial charge in [0.05, 0.1) is 19.8 Å². The Morgan fingerprint density at radius 3 is 2.91 bits per heavy atom. The van der Waals surface area contributed by atoms with Gasteiger partial charge in [-0.05, 0) is 24.1 Å². The van der Waals surface area contributed by atoms with E-state index in [1.165, 1.54) is 24.8 Å². The van der Waals surface area contributed by atoms with Crippen LogP contribution >= 0.6 is 0 Å². The summed E-state index contributed by atoms with van der Waals surface area (Å²) in [4.78, 5) is 9.82. The molecule has 0 spiro atoms. The zero-order chi connectivity index (χ0) is 16.2. The molecule has 1 aliphatic heterocycles. The van der Waals surface area contributed by atoms with Crippen LogP contribution in [0.5, 0.6) is 11.5 Å². The number of nitrogens with one attached hydrogen (secondary N) is 1. The molecule has 0 aromatic heterocycles. The van der Waals surface area contributed by atoms with Crippen LogP contribution in [0.25, 0.3) is 0 Å². The lowest BCUT2D eigenvalue weighted by molar-refractivity contribution is -0.179. The van der Waals surface area contributed by atoms with Gasteiger partial charge in [0.1, 0.15) is 11.6 Å². The van der Waals surface area contributed by atoms with Crippen molar-refractivity contribution in [2.75, 3.05) is 19.0 Å². The van der Waals surface area contributed by atoms with E-state index in [4.69, 9.17) is 14.5 Å². The van der Waals surface area contributed by atoms with Crippen molar-refractivity contribution in [1.82, 2.24) is 0 Å². The SMILES string of the molecule is CCC(Nc1ccc2c(c1)OCC2)c1ccc(F)cc1OOC. The zero-order valence-electron chi connectivity index (χ0n) is 13.3. The van der Waals surface area contributed by atoms with Crippen molar-refractivity contribution in [3.8, 4) is 11.5 Å². The molecule has 1 heterocycles. The fourth-order valence-corrected chi connectivity index (χ4v) is 2.82. The molecule has 2 aromatic carbocycles. The predicted octanol–water partition coefficient (Wildman–Crippen LogP) is 4.26. The van der Waals surface area contributed by atoms with Gasteiger partial charge >= 0.3 is 0 Å². The fraction of sp³-hybridized carbons (Fsp3) is 0.333. The first-order chi connectivity index (χ1) is 11.2. The van der Waals surface area contributed by atoms with Crippen molar-refractivity contribution >= 4 is 5.69 Å². The number of ether oxygens (including phenoxy) is 1. The van der Waals surface area contributed by atoms with Gasteiger partial charge < -0.3 is 14.9 Å². The average Bonchev–Trinajstić information content (AvgIpc) is 3.01. The maximum Gasteiger partial charge on any atom is 0.173 e. The molecule has 0 saturated carbocycles. The van der Waals surface area contributed by atoms with Gasteiger partial charge in [-0.1, -0.05) is 19.1 Å². The topological polar surface area (TPSA) is 39.7 Å². The second-order valence-corrected chi connectivity index (χ2v) is 5.46. The van der Waals surface area contributed by atoms with Gasteiger partial charge in [-0.2, -0.15) is 4.89 Å². The summed E-state index contributed by atoms with van der Waals surface area (Å²) in [5, 5.41) is 3.45. The highest BCUT2D eigenvalue weighted by molar-refractivity contribution is 5.55. The summed E-state index contributed by atoms with van der Waals surface area (Å²) in [7, 11) is 1.40. The molecule has 0 fully saturated rings. The van der Waals surface area contributed by atoms with E-state index in [2.05, 4.69) is 18.3 Å². The lowest BCUT2D eigenvalue weighted by Gasteiger charge is -2.21. The van der Waals surface area contributed by atoms with Crippen molar-refractivity contribution in [3.05, 3.63) is 53.3 Å². The first kappa shape index (κ1) is 15.6. The van der Waals surface area contributed by atoms with Gasteiger partial charge in [-0.25, -0.2) is 4.39 Å². The normalized spacial score (nSPS) is 14.0. The Labute approximate surface area is 135 Å². The summed E-state index contributed by atoms with van der Waals surface area (Å²) >= 11 is 0. The quantitative estimate of drug-likeness (QED) is 0.638. The Hall–Kier alpha value is -2.27. The molecule has 122 valence electrons. The standard InChI is InChI=1S/C18H20FNO3/c1-3-16(15-7-5-13(19)10-18(15)23-21-2)20-14-6-4-12-8-9-22-17(12)11-14/h4-7,10-11,16,20H,3,8-9H2,1-2H3. The first-order valence-corrected chi connectivity index (χ1v) is 7.73. The van der Waals surface area contributed by atoms with E-state index in [1.807, 2.05) is 12.1 Å². The minimum atomic E-state index is -0.360. The van der Waals surface area contributed by atoms with Crippen LogP contribution in [0.15, 0.2) is 36.4 Å². The van der Waals surface area contributed by atoms with Gasteiger partial charge in [0, 0.05) is 29.8 Å².